The van der Waals surface area contributed by atoms with Gasteiger partial charge in [0.25, 0.3) is 0 Å². The summed E-state index contributed by atoms with van der Waals surface area (Å²) in [6, 6.07) is 3.98. The topological polar surface area (TPSA) is 104 Å². The van der Waals surface area contributed by atoms with Gasteiger partial charge in [0, 0.05) is 0 Å². The van der Waals surface area contributed by atoms with E-state index in [2.05, 4.69) is 5.32 Å². The van der Waals surface area contributed by atoms with E-state index in [0.29, 0.717) is 6.42 Å². The maximum atomic E-state index is 12.5. The van der Waals surface area contributed by atoms with E-state index in [-0.39, 0.29) is 28.1 Å². The van der Waals surface area contributed by atoms with E-state index in [4.69, 9.17) is 16.7 Å². The van der Waals surface area contributed by atoms with Gasteiger partial charge < -0.3 is 15.5 Å². The van der Waals surface area contributed by atoms with Gasteiger partial charge in [-0.3, -0.25) is 9.59 Å². The first-order valence-electron chi connectivity index (χ1n) is 7.13. The number of carbonyl (C=O) groups is 3. The largest absolute Gasteiger partial charge is 0.481 e. The van der Waals surface area contributed by atoms with Crippen molar-refractivity contribution in [1.29, 1.82) is 0 Å². The van der Waals surface area contributed by atoms with Crippen LogP contribution in [0.2, 0.25) is 5.02 Å². The molecule has 1 amide bonds. The number of fused-ring (bicyclic) bond motifs is 2. The molecule has 0 spiro atoms. The number of carbonyl (C=O) groups excluding carboxylic acids is 1. The van der Waals surface area contributed by atoms with Gasteiger partial charge in [0.2, 0.25) is 5.91 Å². The van der Waals surface area contributed by atoms with Crippen molar-refractivity contribution < 1.29 is 24.6 Å². The van der Waals surface area contributed by atoms with Gasteiger partial charge in [-0.05, 0) is 36.5 Å². The summed E-state index contributed by atoms with van der Waals surface area (Å²) in [5.74, 6) is -4.25. The molecule has 23 heavy (non-hydrogen) atoms. The second-order valence-corrected chi connectivity index (χ2v) is 6.23. The fraction of sp³-hybridized carbons (Fsp3) is 0.312. The SMILES string of the molecule is O=C(O)c1ccc(Cl)c(NC(=O)C2C3C=CC(C3)C2C(=O)O)c1. The Bertz CT molecular complexity index is 729. The van der Waals surface area contributed by atoms with E-state index in [1.165, 1.54) is 18.2 Å². The highest BCUT2D eigenvalue weighted by molar-refractivity contribution is 6.33. The van der Waals surface area contributed by atoms with Crippen LogP contribution < -0.4 is 5.32 Å². The molecule has 0 radical (unpaired) electrons. The molecule has 0 saturated heterocycles. The fourth-order valence-corrected chi connectivity index (χ4v) is 3.65. The summed E-state index contributed by atoms with van der Waals surface area (Å²) in [7, 11) is 0. The number of rotatable bonds is 4. The Kier molecular flexibility index (Phi) is 3.85. The highest BCUT2D eigenvalue weighted by Gasteiger charge is 2.51. The van der Waals surface area contributed by atoms with Crippen LogP contribution in [0.25, 0.3) is 0 Å². The van der Waals surface area contributed by atoms with Crippen LogP contribution in [0.1, 0.15) is 16.8 Å². The Morgan fingerprint density at radius 1 is 1.09 bits per heavy atom. The second-order valence-electron chi connectivity index (χ2n) is 5.83. The van der Waals surface area contributed by atoms with Gasteiger partial charge in [-0.15, -0.1) is 0 Å². The van der Waals surface area contributed by atoms with E-state index in [1.807, 2.05) is 12.2 Å². The Labute approximate surface area is 136 Å². The van der Waals surface area contributed by atoms with E-state index in [0.717, 1.165) is 0 Å². The molecule has 0 heterocycles. The number of anilines is 1. The number of nitrogens with one attached hydrogen (secondary N) is 1. The van der Waals surface area contributed by atoms with Crippen molar-refractivity contribution in [3.05, 3.63) is 40.9 Å². The predicted molar refractivity (Wildman–Crippen MR) is 82.4 cm³/mol. The lowest BCUT2D eigenvalue weighted by Crippen LogP contribution is -2.36. The van der Waals surface area contributed by atoms with Gasteiger partial charge in [0.05, 0.1) is 28.1 Å². The zero-order valence-corrected chi connectivity index (χ0v) is 12.7. The van der Waals surface area contributed by atoms with Crippen LogP contribution in [-0.4, -0.2) is 28.1 Å². The van der Waals surface area contributed by atoms with Crippen molar-refractivity contribution in [1.82, 2.24) is 0 Å². The minimum atomic E-state index is -1.14. The molecule has 4 unspecified atom stereocenters. The molecule has 6 nitrogen and oxygen atoms in total. The molecule has 1 aromatic rings. The quantitative estimate of drug-likeness (QED) is 0.733. The van der Waals surface area contributed by atoms with Crippen molar-refractivity contribution in [2.75, 3.05) is 5.32 Å². The van der Waals surface area contributed by atoms with Gasteiger partial charge >= 0.3 is 11.9 Å². The maximum absolute atomic E-state index is 12.5. The average molecular weight is 336 g/mol. The number of aliphatic carboxylic acids is 1. The van der Waals surface area contributed by atoms with Crippen molar-refractivity contribution in [2.24, 2.45) is 23.7 Å². The van der Waals surface area contributed by atoms with Crippen LogP contribution in [0.5, 0.6) is 0 Å². The zero-order valence-electron chi connectivity index (χ0n) is 11.9. The molecule has 1 aromatic carbocycles. The summed E-state index contributed by atoms with van der Waals surface area (Å²) in [5.41, 5.74) is 0.166. The fourth-order valence-electron chi connectivity index (χ4n) is 3.49. The monoisotopic (exact) mass is 335 g/mol. The van der Waals surface area contributed by atoms with Crippen molar-refractivity contribution in [3.63, 3.8) is 0 Å². The first-order chi connectivity index (χ1) is 10.9. The predicted octanol–water partition coefficient (Wildman–Crippen LogP) is 2.50. The third-order valence-corrected chi connectivity index (χ3v) is 4.85. The van der Waals surface area contributed by atoms with Crippen LogP contribution in [0.4, 0.5) is 5.69 Å². The molecule has 1 fully saturated rings. The van der Waals surface area contributed by atoms with Gasteiger partial charge in [-0.2, -0.15) is 0 Å². The molecule has 0 aliphatic heterocycles. The van der Waals surface area contributed by atoms with E-state index >= 15 is 0 Å². The van der Waals surface area contributed by atoms with Gasteiger partial charge in [0.1, 0.15) is 0 Å². The van der Waals surface area contributed by atoms with Gasteiger partial charge in [-0.25, -0.2) is 4.79 Å². The lowest BCUT2D eigenvalue weighted by molar-refractivity contribution is -0.146. The van der Waals surface area contributed by atoms with E-state index < -0.39 is 29.7 Å². The Hall–Kier alpha value is -2.34. The van der Waals surface area contributed by atoms with Crippen LogP contribution in [0.3, 0.4) is 0 Å². The number of carboxylic acid groups (broad SMARTS) is 2. The summed E-state index contributed by atoms with van der Waals surface area (Å²) >= 11 is 5.99. The molecular formula is C16H14ClNO5. The number of carboxylic acids is 2. The summed E-state index contributed by atoms with van der Waals surface area (Å²) in [5, 5.41) is 21.2. The Morgan fingerprint density at radius 3 is 2.35 bits per heavy atom. The molecular weight excluding hydrogens is 322 g/mol. The molecule has 2 bridgehead atoms. The normalized spacial score (nSPS) is 27.9. The van der Waals surface area contributed by atoms with Crippen molar-refractivity contribution in [2.45, 2.75) is 6.42 Å². The van der Waals surface area contributed by atoms with Crippen molar-refractivity contribution in [3.8, 4) is 0 Å². The number of halogens is 1. The molecule has 4 atom stereocenters. The number of allylic oxidation sites excluding steroid dienone is 2. The summed E-state index contributed by atoms with van der Waals surface area (Å²) in [6.07, 6.45) is 4.38. The van der Waals surface area contributed by atoms with Gasteiger partial charge in [0.15, 0.2) is 0 Å². The minimum Gasteiger partial charge on any atom is -0.481 e. The number of amides is 1. The zero-order chi connectivity index (χ0) is 16.7. The highest BCUT2D eigenvalue weighted by Crippen LogP contribution is 2.48. The van der Waals surface area contributed by atoms with Gasteiger partial charge in [-0.1, -0.05) is 23.8 Å². The second kappa shape index (κ2) is 5.70. The van der Waals surface area contributed by atoms with E-state index in [1.54, 1.807) is 0 Å². The number of aromatic carboxylic acids is 1. The smallest absolute Gasteiger partial charge is 0.335 e. The molecule has 3 N–H and O–H groups in total. The third-order valence-electron chi connectivity index (χ3n) is 4.52. The Morgan fingerprint density at radius 2 is 1.74 bits per heavy atom. The molecule has 3 rings (SSSR count). The molecule has 1 saturated carbocycles. The molecule has 2 aliphatic carbocycles. The van der Waals surface area contributed by atoms with Crippen LogP contribution >= 0.6 is 11.6 Å². The highest BCUT2D eigenvalue weighted by atomic mass is 35.5. The summed E-state index contributed by atoms with van der Waals surface area (Å²) in [6.45, 7) is 0. The van der Waals surface area contributed by atoms with Crippen LogP contribution in [0.15, 0.2) is 30.4 Å². The molecule has 0 aromatic heterocycles. The lowest BCUT2D eigenvalue weighted by Gasteiger charge is -2.24. The summed E-state index contributed by atoms with van der Waals surface area (Å²) < 4.78 is 0. The average Bonchev–Trinajstić information content (AvgIpc) is 3.09. The molecule has 7 heteroatoms. The number of benzene rings is 1. The van der Waals surface area contributed by atoms with Crippen LogP contribution in [0, 0.1) is 23.7 Å². The van der Waals surface area contributed by atoms with Crippen molar-refractivity contribution >= 4 is 35.1 Å². The first kappa shape index (κ1) is 15.6. The summed E-state index contributed by atoms with van der Waals surface area (Å²) in [4.78, 5) is 35.0. The lowest BCUT2D eigenvalue weighted by atomic mass is 9.82. The molecule has 120 valence electrons. The third kappa shape index (κ3) is 2.70. The first-order valence-corrected chi connectivity index (χ1v) is 7.51. The Balaban J connectivity index is 1.85. The molecule has 2 aliphatic rings. The maximum Gasteiger partial charge on any atom is 0.335 e. The van der Waals surface area contributed by atoms with E-state index in [9.17, 15) is 19.5 Å². The van der Waals surface area contributed by atoms with Crippen LogP contribution in [-0.2, 0) is 9.59 Å². The number of hydrogen-bond acceptors (Lipinski definition) is 3. The number of hydrogen-bond donors (Lipinski definition) is 3. The minimum absolute atomic E-state index is 0.00711. The standard InChI is InChI=1S/C16H14ClNO5/c17-10-4-3-9(15(20)21)6-11(10)18-14(19)12-7-1-2-8(5-7)13(12)16(22)23/h1-4,6-8,12-13H,5H2,(H,18,19)(H,20,21)(H,22,23).